The number of aliphatic hydroxyl groups is 1. The Morgan fingerprint density at radius 2 is 2.00 bits per heavy atom. The highest BCUT2D eigenvalue weighted by molar-refractivity contribution is 5.29. The number of hydrogen-bond acceptors (Lipinski definition) is 2. The minimum Gasteiger partial charge on any atom is -0.393 e. The van der Waals surface area contributed by atoms with E-state index in [-0.39, 0.29) is 18.6 Å². The van der Waals surface area contributed by atoms with E-state index < -0.39 is 29.8 Å². The number of alkyl halides is 3. The van der Waals surface area contributed by atoms with Crippen LogP contribution in [0.1, 0.15) is 30.1 Å². The quantitative estimate of drug-likeness (QED) is 0.790. The smallest absolute Gasteiger partial charge is 0.393 e. The molecule has 18 heavy (non-hydrogen) atoms. The summed E-state index contributed by atoms with van der Waals surface area (Å²) in [6, 6.07) is 2.79. The lowest BCUT2D eigenvalue weighted by molar-refractivity contribution is -0.140. The van der Waals surface area contributed by atoms with Crippen molar-refractivity contribution in [1.29, 1.82) is 0 Å². The highest BCUT2D eigenvalue weighted by Crippen LogP contribution is 2.35. The summed E-state index contributed by atoms with van der Waals surface area (Å²) in [5.74, 6) is -1.30. The van der Waals surface area contributed by atoms with Crippen LogP contribution in [0.3, 0.4) is 0 Å². The minimum atomic E-state index is -4.73. The lowest BCUT2D eigenvalue weighted by Gasteiger charge is -2.27. The van der Waals surface area contributed by atoms with E-state index >= 15 is 0 Å². The molecule has 6 heteroatoms. The molecule has 100 valence electrons. The van der Waals surface area contributed by atoms with Crippen molar-refractivity contribution in [2.45, 2.75) is 31.2 Å². The third-order valence-corrected chi connectivity index (χ3v) is 2.92. The summed E-state index contributed by atoms with van der Waals surface area (Å²) in [6.07, 6.45) is -5.25. The average molecular weight is 264 g/mol. The standard InChI is InChI=1S/C12H12F4O2/c13-10-2-1-7(5-9(10)12(14,15)16)11-6-8(17)3-4-18-11/h1-2,5,8,11,17H,3-4,6H2. The van der Waals surface area contributed by atoms with E-state index in [4.69, 9.17) is 4.74 Å². The number of rotatable bonds is 1. The largest absolute Gasteiger partial charge is 0.419 e. The number of hydrogen-bond donors (Lipinski definition) is 1. The first-order chi connectivity index (χ1) is 8.38. The molecule has 2 unspecified atom stereocenters. The van der Waals surface area contributed by atoms with E-state index in [9.17, 15) is 22.7 Å². The molecule has 0 aromatic heterocycles. The van der Waals surface area contributed by atoms with Gasteiger partial charge < -0.3 is 9.84 Å². The molecule has 1 saturated heterocycles. The molecule has 0 bridgehead atoms. The summed E-state index contributed by atoms with van der Waals surface area (Å²) in [4.78, 5) is 0. The van der Waals surface area contributed by atoms with Gasteiger partial charge in [0.05, 0.1) is 17.8 Å². The number of ether oxygens (including phenoxy) is 1. The van der Waals surface area contributed by atoms with Gasteiger partial charge in [0.1, 0.15) is 5.82 Å². The highest BCUT2D eigenvalue weighted by atomic mass is 19.4. The fourth-order valence-corrected chi connectivity index (χ4v) is 1.97. The van der Waals surface area contributed by atoms with E-state index in [0.29, 0.717) is 6.42 Å². The SMILES string of the molecule is OC1CCOC(c2ccc(F)c(C(F)(F)F)c2)C1. The molecule has 1 fully saturated rings. The van der Waals surface area contributed by atoms with Crippen molar-refractivity contribution >= 4 is 0 Å². The van der Waals surface area contributed by atoms with Crippen LogP contribution in [0.2, 0.25) is 0 Å². The Morgan fingerprint density at radius 1 is 1.28 bits per heavy atom. The van der Waals surface area contributed by atoms with Crippen molar-refractivity contribution in [3.8, 4) is 0 Å². The second-order valence-corrected chi connectivity index (χ2v) is 4.27. The van der Waals surface area contributed by atoms with Crippen molar-refractivity contribution < 1.29 is 27.4 Å². The molecule has 0 aliphatic carbocycles. The molecule has 2 nitrogen and oxygen atoms in total. The Labute approximate surface area is 101 Å². The zero-order valence-corrected chi connectivity index (χ0v) is 9.38. The van der Waals surface area contributed by atoms with E-state index in [2.05, 4.69) is 0 Å². The highest BCUT2D eigenvalue weighted by Gasteiger charge is 2.35. The molecule has 1 aromatic carbocycles. The average Bonchev–Trinajstić information content (AvgIpc) is 2.28. The van der Waals surface area contributed by atoms with Crippen LogP contribution >= 0.6 is 0 Å². The Balaban J connectivity index is 2.29. The van der Waals surface area contributed by atoms with Gasteiger partial charge in [0.15, 0.2) is 0 Å². The van der Waals surface area contributed by atoms with E-state index in [1.807, 2.05) is 0 Å². The minimum absolute atomic E-state index is 0.225. The Morgan fingerprint density at radius 3 is 2.61 bits per heavy atom. The van der Waals surface area contributed by atoms with E-state index in [1.165, 1.54) is 6.07 Å². The molecule has 1 aromatic rings. The van der Waals surface area contributed by atoms with Crippen LogP contribution in [-0.2, 0) is 10.9 Å². The molecule has 1 N–H and O–H groups in total. The topological polar surface area (TPSA) is 29.5 Å². The second-order valence-electron chi connectivity index (χ2n) is 4.27. The van der Waals surface area contributed by atoms with Gasteiger partial charge in [-0.1, -0.05) is 6.07 Å². The van der Waals surface area contributed by atoms with Crippen LogP contribution in [-0.4, -0.2) is 17.8 Å². The molecule has 1 heterocycles. The molecule has 0 spiro atoms. The molecule has 1 aliphatic rings. The van der Waals surface area contributed by atoms with Crippen LogP contribution in [0.5, 0.6) is 0 Å². The van der Waals surface area contributed by atoms with Crippen molar-refractivity contribution in [2.75, 3.05) is 6.61 Å². The molecule has 0 saturated carbocycles. The number of halogens is 4. The Hall–Kier alpha value is -1.14. The normalized spacial score (nSPS) is 25.2. The van der Waals surface area contributed by atoms with Crippen LogP contribution in [0.15, 0.2) is 18.2 Å². The van der Waals surface area contributed by atoms with Crippen molar-refractivity contribution in [2.24, 2.45) is 0 Å². The van der Waals surface area contributed by atoms with Gasteiger partial charge in [-0.2, -0.15) is 13.2 Å². The maximum absolute atomic E-state index is 13.1. The number of aliphatic hydroxyl groups excluding tert-OH is 1. The summed E-state index contributed by atoms with van der Waals surface area (Å²) in [5.41, 5.74) is -1.06. The third-order valence-electron chi connectivity index (χ3n) is 2.92. The lowest BCUT2D eigenvalue weighted by atomic mass is 9.97. The van der Waals surface area contributed by atoms with Crippen molar-refractivity contribution in [1.82, 2.24) is 0 Å². The first kappa shape index (κ1) is 13.3. The monoisotopic (exact) mass is 264 g/mol. The third kappa shape index (κ3) is 2.81. The molecule has 2 rings (SSSR count). The van der Waals surface area contributed by atoms with Gasteiger partial charge >= 0.3 is 6.18 Å². The predicted molar refractivity (Wildman–Crippen MR) is 55.3 cm³/mol. The molecule has 1 aliphatic heterocycles. The van der Waals surface area contributed by atoms with Gasteiger partial charge in [0.25, 0.3) is 0 Å². The van der Waals surface area contributed by atoms with Crippen molar-refractivity contribution in [3.63, 3.8) is 0 Å². The first-order valence-electron chi connectivity index (χ1n) is 5.54. The first-order valence-corrected chi connectivity index (χ1v) is 5.54. The van der Waals surface area contributed by atoms with Crippen molar-refractivity contribution in [3.05, 3.63) is 35.1 Å². The molecular weight excluding hydrogens is 252 g/mol. The predicted octanol–water partition coefficient (Wildman–Crippen LogP) is 3.06. The van der Waals surface area contributed by atoms with Crippen LogP contribution in [0.4, 0.5) is 17.6 Å². The molecular formula is C12H12F4O2. The zero-order valence-electron chi connectivity index (χ0n) is 9.38. The van der Waals surface area contributed by atoms with Gasteiger partial charge in [0.2, 0.25) is 0 Å². The zero-order chi connectivity index (χ0) is 13.3. The van der Waals surface area contributed by atoms with Crippen LogP contribution in [0, 0.1) is 5.82 Å². The summed E-state index contributed by atoms with van der Waals surface area (Å²) < 4.78 is 56.0. The van der Waals surface area contributed by atoms with Gasteiger partial charge in [-0.15, -0.1) is 0 Å². The lowest BCUT2D eigenvalue weighted by Crippen LogP contribution is -2.23. The Bertz CT molecular complexity index is 431. The van der Waals surface area contributed by atoms with Gasteiger partial charge in [-0.25, -0.2) is 4.39 Å². The second kappa shape index (κ2) is 4.85. The van der Waals surface area contributed by atoms with Gasteiger partial charge in [0, 0.05) is 13.0 Å². The Kier molecular flexibility index (Phi) is 3.59. The molecule has 0 amide bonds. The van der Waals surface area contributed by atoms with Crippen LogP contribution in [0.25, 0.3) is 0 Å². The number of benzene rings is 1. The van der Waals surface area contributed by atoms with E-state index in [1.54, 1.807) is 0 Å². The van der Waals surface area contributed by atoms with Crippen LogP contribution < -0.4 is 0 Å². The summed E-state index contributed by atoms with van der Waals surface area (Å²) >= 11 is 0. The fraction of sp³-hybridized carbons (Fsp3) is 0.500. The summed E-state index contributed by atoms with van der Waals surface area (Å²) in [7, 11) is 0. The molecule has 0 radical (unpaired) electrons. The van der Waals surface area contributed by atoms with E-state index in [0.717, 1.165) is 12.1 Å². The van der Waals surface area contributed by atoms with Gasteiger partial charge in [-0.3, -0.25) is 0 Å². The summed E-state index contributed by atoms with van der Waals surface area (Å²) in [5, 5.41) is 9.45. The molecule has 2 atom stereocenters. The maximum atomic E-state index is 13.1. The fourth-order valence-electron chi connectivity index (χ4n) is 1.97. The van der Waals surface area contributed by atoms with Gasteiger partial charge in [-0.05, 0) is 24.1 Å². The summed E-state index contributed by atoms with van der Waals surface area (Å²) in [6.45, 7) is 0.282. The maximum Gasteiger partial charge on any atom is 0.419 e.